The van der Waals surface area contributed by atoms with Gasteiger partial charge in [0.05, 0.1) is 6.61 Å². The number of fused-ring (bicyclic) bond motifs is 1. The summed E-state index contributed by atoms with van der Waals surface area (Å²) in [5, 5.41) is 0. The fraction of sp³-hybridized carbons (Fsp3) is 0.278. The molecular formula is C18H19N3O3. The van der Waals surface area contributed by atoms with Crippen molar-refractivity contribution in [3.8, 4) is 0 Å². The summed E-state index contributed by atoms with van der Waals surface area (Å²) in [4.78, 5) is 22.3. The van der Waals surface area contributed by atoms with E-state index in [-0.39, 0.29) is 5.97 Å². The second kappa shape index (κ2) is 7.59. The summed E-state index contributed by atoms with van der Waals surface area (Å²) in [6.45, 7) is 2.76. The summed E-state index contributed by atoms with van der Waals surface area (Å²) in [7, 11) is 0. The largest absolute Gasteiger partial charge is 0.466 e. The Labute approximate surface area is 140 Å². The van der Waals surface area contributed by atoms with Gasteiger partial charge in [-0.15, -0.1) is 0 Å². The van der Waals surface area contributed by atoms with Gasteiger partial charge in [-0.05, 0) is 37.6 Å². The third-order valence-corrected chi connectivity index (χ3v) is 3.51. The normalized spacial score (nSPS) is 10.7. The molecule has 0 aliphatic carbocycles. The highest BCUT2D eigenvalue weighted by molar-refractivity contribution is 5.75. The smallest absolute Gasteiger partial charge is 0.305 e. The average molecular weight is 325 g/mol. The first-order valence-corrected chi connectivity index (χ1v) is 7.97. The summed E-state index contributed by atoms with van der Waals surface area (Å²) in [6.07, 6.45) is 2.68. The van der Waals surface area contributed by atoms with Gasteiger partial charge in [-0.2, -0.15) is 4.98 Å². The molecule has 0 saturated carbocycles. The number of anilines is 2. The SMILES string of the molecule is CCOC(=O)CCCN(c1ccccn1)c1nc2ccccc2o1. The first-order valence-electron chi connectivity index (χ1n) is 7.97. The van der Waals surface area contributed by atoms with Crippen LogP contribution in [0.1, 0.15) is 19.8 Å². The van der Waals surface area contributed by atoms with Crippen LogP contribution in [0.3, 0.4) is 0 Å². The molecule has 0 fully saturated rings. The molecule has 3 aromatic rings. The maximum absolute atomic E-state index is 11.5. The van der Waals surface area contributed by atoms with Crippen molar-refractivity contribution in [3.63, 3.8) is 0 Å². The van der Waals surface area contributed by atoms with E-state index in [1.54, 1.807) is 13.1 Å². The predicted octanol–water partition coefficient (Wildman–Crippen LogP) is 3.70. The highest BCUT2D eigenvalue weighted by atomic mass is 16.5. The maximum Gasteiger partial charge on any atom is 0.305 e. The van der Waals surface area contributed by atoms with Gasteiger partial charge >= 0.3 is 12.0 Å². The van der Waals surface area contributed by atoms with Crippen molar-refractivity contribution in [2.24, 2.45) is 0 Å². The zero-order valence-electron chi connectivity index (χ0n) is 13.5. The van der Waals surface area contributed by atoms with Crippen molar-refractivity contribution in [3.05, 3.63) is 48.7 Å². The van der Waals surface area contributed by atoms with Crippen LogP contribution in [-0.4, -0.2) is 29.1 Å². The van der Waals surface area contributed by atoms with Crippen LogP contribution < -0.4 is 4.90 Å². The molecule has 6 nitrogen and oxygen atoms in total. The molecule has 2 heterocycles. The Morgan fingerprint density at radius 2 is 2.04 bits per heavy atom. The van der Waals surface area contributed by atoms with Gasteiger partial charge in [0.1, 0.15) is 11.3 Å². The number of pyridine rings is 1. The number of aromatic nitrogens is 2. The van der Waals surface area contributed by atoms with Gasteiger partial charge in [-0.3, -0.25) is 9.69 Å². The monoisotopic (exact) mass is 325 g/mol. The summed E-state index contributed by atoms with van der Waals surface area (Å²) < 4.78 is 10.8. The average Bonchev–Trinajstić information content (AvgIpc) is 3.03. The summed E-state index contributed by atoms with van der Waals surface area (Å²) in [5.41, 5.74) is 1.51. The Morgan fingerprint density at radius 3 is 2.79 bits per heavy atom. The van der Waals surface area contributed by atoms with E-state index in [2.05, 4.69) is 9.97 Å². The molecule has 6 heteroatoms. The lowest BCUT2D eigenvalue weighted by atomic mass is 10.3. The Morgan fingerprint density at radius 1 is 1.21 bits per heavy atom. The number of carbonyl (C=O) groups is 1. The number of ether oxygens (including phenoxy) is 1. The van der Waals surface area contributed by atoms with E-state index >= 15 is 0 Å². The Kier molecular flexibility index (Phi) is 5.05. The molecule has 0 aliphatic rings. The molecule has 0 bridgehead atoms. The highest BCUT2D eigenvalue weighted by Crippen LogP contribution is 2.27. The second-order valence-corrected chi connectivity index (χ2v) is 5.21. The van der Waals surface area contributed by atoms with Crippen molar-refractivity contribution < 1.29 is 13.9 Å². The molecule has 0 radical (unpaired) electrons. The van der Waals surface area contributed by atoms with Crippen molar-refractivity contribution in [1.82, 2.24) is 9.97 Å². The topological polar surface area (TPSA) is 68.5 Å². The first kappa shape index (κ1) is 16.0. The molecule has 0 N–H and O–H groups in total. The molecule has 0 atom stereocenters. The number of nitrogens with zero attached hydrogens (tertiary/aromatic N) is 3. The molecule has 24 heavy (non-hydrogen) atoms. The van der Waals surface area contributed by atoms with E-state index in [0.29, 0.717) is 32.0 Å². The minimum atomic E-state index is -0.198. The quantitative estimate of drug-likeness (QED) is 0.617. The van der Waals surface area contributed by atoms with Crippen LogP contribution in [0.25, 0.3) is 11.1 Å². The van der Waals surface area contributed by atoms with E-state index < -0.39 is 0 Å². The molecular weight excluding hydrogens is 306 g/mol. The zero-order valence-corrected chi connectivity index (χ0v) is 13.5. The first-order chi connectivity index (χ1) is 11.8. The number of hydrogen-bond acceptors (Lipinski definition) is 6. The van der Waals surface area contributed by atoms with E-state index in [1.807, 2.05) is 47.4 Å². The van der Waals surface area contributed by atoms with Gasteiger partial charge in [0.2, 0.25) is 0 Å². The summed E-state index contributed by atoms with van der Waals surface area (Å²) in [6, 6.07) is 13.7. The van der Waals surface area contributed by atoms with Crippen LogP contribution in [0, 0.1) is 0 Å². The van der Waals surface area contributed by atoms with Crippen LogP contribution >= 0.6 is 0 Å². The van der Waals surface area contributed by atoms with Gasteiger partial charge in [-0.25, -0.2) is 4.98 Å². The van der Waals surface area contributed by atoms with E-state index in [0.717, 1.165) is 16.9 Å². The van der Waals surface area contributed by atoms with Crippen molar-refractivity contribution in [2.75, 3.05) is 18.1 Å². The number of para-hydroxylation sites is 2. The number of esters is 1. The molecule has 0 unspecified atom stereocenters. The van der Waals surface area contributed by atoms with Crippen LogP contribution in [0.2, 0.25) is 0 Å². The molecule has 124 valence electrons. The minimum absolute atomic E-state index is 0.198. The Hall–Kier alpha value is -2.89. The minimum Gasteiger partial charge on any atom is -0.466 e. The summed E-state index contributed by atoms with van der Waals surface area (Å²) in [5.74, 6) is 0.531. The number of benzene rings is 1. The lowest BCUT2D eigenvalue weighted by Crippen LogP contribution is -2.21. The Bertz CT molecular complexity index is 768. The molecule has 0 aliphatic heterocycles. The molecule has 0 amide bonds. The molecule has 0 spiro atoms. The number of hydrogen-bond donors (Lipinski definition) is 0. The van der Waals surface area contributed by atoms with Crippen molar-refractivity contribution >= 4 is 28.9 Å². The fourth-order valence-corrected chi connectivity index (χ4v) is 2.41. The van der Waals surface area contributed by atoms with Gasteiger partial charge in [0.15, 0.2) is 5.58 Å². The van der Waals surface area contributed by atoms with E-state index in [4.69, 9.17) is 9.15 Å². The second-order valence-electron chi connectivity index (χ2n) is 5.21. The van der Waals surface area contributed by atoms with Crippen LogP contribution in [0.4, 0.5) is 11.8 Å². The molecule has 1 aromatic carbocycles. The van der Waals surface area contributed by atoms with E-state index in [1.165, 1.54) is 0 Å². The third kappa shape index (κ3) is 3.71. The molecule has 3 rings (SSSR count). The van der Waals surface area contributed by atoms with Crippen LogP contribution in [-0.2, 0) is 9.53 Å². The zero-order chi connectivity index (χ0) is 16.8. The van der Waals surface area contributed by atoms with Gasteiger partial charge < -0.3 is 9.15 Å². The summed E-state index contributed by atoms with van der Waals surface area (Å²) >= 11 is 0. The third-order valence-electron chi connectivity index (χ3n) is 3.51. The van der Waals surface area contributed by atoms with Gasteiger partial charge in [0, 0.05) is 19.2 Å². The number of rotatable bonds is 7. The predicted molar refractivity (Wildman–Crippen MR) is 91.1 cm³/mol. The number of carbonyl (C=O) groups excluding carboxylic acids is 1. The van der Waals surface area contributed by atoms with Crippen LogP contribution in [0.5, 0.6) is 0 Å². The standard InChI is InChI=1S/C18H19N3O3/c1-2-23-17(22)11-7-13-21(16-10-5-6-12-19-16)18-20-14-8-3-4-9-15(14)24-18/h3-6,8-10,12H,2,7,11,13H2,1H3. The van der Waals surface area contributed by atoms with Gasteiger partial charge in [0.25, 0.3) is 0 Å². The Balaban J connectivity index is 1.81. The molecule has 0 saturated heterocycles. The lowest BCUT2D eigenvalue weighted by Gasteiger charge is -2.19. The lowest BCUT2D eigenvalue weighted by molar-refractivity contribution is -0.143. The fourth-order valence-electron chi connectivity index (χ4n) is 2.41. The van der Waals surface area contributed by atoms with E-state index in [9.17, 15) is 4.79 Å². The molecule has 2 aromatic heterocycles. The van der Waals surface area contributed by atoms with Crippen molar-refractivity contribution in [1.29, 1.82) is 0 Å². The van der Waals surface area contributed by atoms with Crippen molar-refractivity contribution in [2.45, 2.75) is 19.8 Å². The highest BCUT2D eigenvalue weighted by Gasteiger charge is 2.17. The van der Waals surface area contributed by atoms with Gasteiger partial charge in [-0.1, -0.05) is 18.2 Å². The number of oxazole rings is 1. The maximum atomic E-state index is 11.5. The van der Waals surface area contributed by atoms with Crippen LogP contribution in [0.15, 0.2) is 53.1 Å².